The Kier molecular flexibility index (Phi) is 5.18. The molecular formula is C16H15BrO3. The van der Waals surface area contributed by atoms with Gasteiger partial charge in [0.1, 0.15) is 24.7 Å². The Morgan fingerprint density at radius 1 is 1.05 bits per heavy atom. The van der Waals surface area contributed by atoms with Crippen LogP contribution in [0.5, 0.6) is 11.5 Å². The molecule has 2 rings (SSSR count). The molecule has 0 N–H and O–H groups in total. The second kappa shape index (κ2) is 7.10. The van der Waals surface area contributed by atoms with Crippen LogP contribution in [-0.4, -0.2) is 19.5 Å². The Morgan fingerprint density at radius 2 is 1.75 bits per heavy atom. The third-order valence-electron chi connectivity index (χ3n) is 2.79. The Labute approximate surface area is 126 Å². The fourth-order valence-corrected chi connectivity index (χ4v) is 2.14. The Bertz CT molecular complexity index is 596. The zero-order chi connectivity index (χ0) is 14.4. The van der Waals surface area contributed by atoms with Crippen LogP contribution in [-0.2, 0) is 0 Å². The van der Waals surface area contributed by atoms with E-state index in [4.69, 9.17) is 9.47 Å². The second-order valence-electron chi connectivity index (χ2n) is 4.26. The van der Waals surface area contributed by atoms with Gasteiger partial charge in [-0.3, -0.25) is 4.79 Å². The fourth-order valence-electron chi connectivity index (χ4n) is 1.76. The first-order valence-corrected chi connectivity index (χ1v) is 7.06. The second-order valence-corrected chi connectivity index (χ2v) is 5.18. The SMILES string of the molecule is Cc1ccccc1OCCOc1ccc(Br)cc1C=O. The third kappa shape index (κ3) is 3.84. The third-order valence-corrected chi connectivity index (χ3v) is 3.28. The van der Waals surface area contributed by atoms with Crippen LogP contribution in [0.1, 0.15) is 15.9 Å². The average Bonchev–Trinajstić information content (AvgIpc) is 2.46. The molecule has 2 aromatic rings. The fraction of sp³-hybridized carbons (Fsp3) is 0.188. The highest BCUT2D eigenvalue weighted by Crippen LogP contribution is 2.22. The van der Waals surface area contributed by atoms with Crippen LogP contribution in [0.4, 0.5) is 0 Å². The van der Waals surface area contributed by atoms with E-state index in [2.05, 4.69) is 15.9 Å². The maximum atomic E-state index is 10.9. The van der Waals surface area contributed by atoms with E-state index in [0.29, 0.717) is 24.5 Å². The molecule has 104 valence electrons. The van der Waals surface area contributed by atoms with Gasteiger partial charge in [-0.25, -0.2) is 0 Å². The van der Waals surface area contributed by atoms with Gasteiger partial charge in [0.2, 0.25) is 0 Å². The van der Waals surface area contributed by atoms with Gasteiger partial charge in [-0.1, -0.05) is 34.1 Å². The molecule has 0 aliphatic heterocycles. The van der Waals surface area contributed by atoms with E-state index in [1.54, 1.807) is 12.1 Å². The number of hydrogen-bond donors (Lipinski definition) is 0. The van der Waals surface area contributed by atoms with E-state index >= 15 is 0 Å². The van der Waals surface area contributed by atoms with Crippen molar-refractivity contribution in [2.75, 3.05) is 13.2 Å². The van der Waals surface area contributed by atoms with Crippen LogP contribution >= 0.6 is 15.9 Å². The summed E-state index contributed by atoms with van der Waals surface area (Å²) in [5.41, 5.74) is 1.61. The number of hydrogen-bond acceptors (Lipinski definition) is 3. The number of aldehydes is 1. The molecule has 0 aliphatic rings. The summed E-state index contributed by atoms with van der Waals surface area (Å²) in [7, 11) is 0. The van der Waals surface area contributed by atoms with Crippen LogP contribution < -0.4 is 9.47 Å². The van der Waals surface area contributed by atoms with Crippen molar-refractivity contribution in [1.82, 2.24) is 0 Å². The van der Waals surface area contributed by atoms with E-state index in [1.165, 1.54) is 0 Å². The maximum absolute atomic E-state index is 10.9. The van der Waals surface area contributed by atoms with E-state index in [0.717, 1.165) is 22.1 Å². The molecule has 0 spiro atoms. The lowest BCUT2D eigenvalue weighted by molar-refractivity contribution is 0.111. The average molecular weight is 335 g/mol. The number of carbonyl (C=O) groups is 1. The minimum Gasteiger partial charge on any atom is -0.490 e. The minimum atomic E-state index is 0.386. The summed E-state index contributed by atoms with van der Waals surface area (Å²) in [6.45, 7) is 2.81. The molecule has 20 heavy (non-hydrogen) atoms. The highest BCUT2D eigenvalue weighted by atomic mass is 79.9. The molecular weight excluding hydrogens is 320 g/mol. The molecule has 0 saturated carbocycles. The number of para-hydroxylation sites is 1. The van der Waals surface area contributed by atoms with Crippen molar-refractivity contribution >= 4 is 22.2 Å². The number of carbonyl (C=O) groups excluding carboxylic acids is 1. The van der Waals surface area contributed by atoms with Crippen molar-refractivity contribution in [3.63, 3.8) is 0 Å². The van der Waals surface area contributed by atoms with Crippen molar-refractivity contribution < 1.29 is 14.3 Å². The highest BCUT2D eigenvalue weighted by molar-refractivity contribution is 9.10. The number of aryl methyl sites for hydroxylation is 1. The van der Waals surface area contributed by atoms with Gasteiger partial charge in [-0.2, -0.15) is 0 Å². The smallest absolute Gasteiger partial charge is 0.153 e. The Morgan fingerprint density at radius 3 is 2.45 bits per heavy atom. The van der Waals surface area contributed by atoms with Crippen molar-refractivity contribution in [3.05, 3.63) is 58.1 Å². The zero-order valence-corrected chi connectivity index (χ0v) is 12.7. The minimum absolute atomic E-state index is 0.386. The van der Waals surface area contributed by atoms with Gasteiger partial charge in [0, 0.05) is 4.47 Å². The van der Waals surface area contributed by atoms with E-state index in [1.807, 2.05) is 37.3 Å². The van der Waals surface area contributed by atoms with E-state index < -0.39 is 0 Å². The van der Waals surface area contributed by atoms with E-state index in [-0.39, 0.29) is 0 Å². The van der Waals surface area contributed by atoms with Crippen molar-refractivity contribution in [1.29, 1.82) is 0 Å². The summed E-state index contributed by atoms with van der Waals surface area (Å²) in [5.74, 6) is 1.42. The molecule has 4 heteroatoms. The lowest BCUT2D eigenvalue weighted by Gasteiger charge is -2.11. The predicted octanol–water partition coefficient (Wildman–Crippen LogP) is 4.03. The van der Waals surface area contributed by atoms with Crippen molar-refractivity contribution in [2.45, 2.75) is 6.92 Å². The van der Waals surface area contributed by atoms with Gasteiger partial charge in [-0.05, 0) is 36.8 Å². The standard InChI is InChI=1S/C16H15BrO3/c1-12-4-2-3-5-15(12)19-8-9-20-16-7-6-14(17)10-13(16)11-18/h2-7,10-11H,8-9H2,1H3. The Balaban J connectivity index is 1.88. The molecule has 0 amide bonds. The highest BCUT2D eigenvalue weighted by Gasteiger charge is 2.04. The lowest BCUT2D eigenvalue weighted by Crippen LogP contribution is -2.10. The topological polar surface area (TPSA) is 35.5 Å². The van der Waals surface area contributed by atoms with Crippen molar-refractivity contribution in [2.24, 2.45) is 0 Å². The summed E-state index contributed by atoms with van der Waals surface area (Å²) in [4.78, 5) is 10.9. The molecule has 0 saturated heterocycles. The Hall–Kier alpha value is -1.81. The molecule has 0 aliphatic carbocycles. The number of ether oxygens (including phenoxy) is 2. The first-order valence-electron chi connectivity index (χ1n) is 6.26. The first kappa shape index (κ1) is 14.6. The van der Waals surface area contributed by atoms with Crippen LogP contribution in [0.15, 0.2) is 46.9 Å². The van der Waals surface area contributed by atoms with Gasteiger partial charge >= 0.3 is 0 Å². The van der Waals surface area contributed by atoms with Gasteiger partial charge in [0.05, 0.1) is 5.56 Å². The van der Waals surface area contributed by atoms with Crippen LogP contribution in [0, 0.1) is 6.92 Å². The molecule has 0 radical (unpaired) electrons. The van der Waals surface area contributed by atoms with Crippen LogP contribution in [0.25, 0.3) is 0 Å². The summed E-state index contributed by atoms with van der Waals surface area (Å²) in [5, 5.41) is 0. The van der Waals surface area contributed by atoms with Crippen molar-refractivity contribution in [3.8, 4) is 11.5 Å². The van der Waals surface area contributed by atoms with Gasteiger partial charge in [0.25, 0.3) is 0 Å². The largest absolute Gasteiger partial charge is 0.490 e. The number of halogens is 1. The molecule has 2 aromatic carbocycles. The summed E-state index contributed by atoms with van der Waals surface area (Å²) < 4.78 is 12.1. The number of benzene rings is 2. The maximum Gasteiger partial charge on any atom is 0.153 e. The molecule has 0 unspecified atom stereocenters. The monoisotopic (exact) mass is 334 g/mol. The lowest BCUT2D eigenvalue weighted by atomic mass is 10.2. The van der Waals surface area contributed by atoms with Crippen LogP contribution in [0.2, 0.25) is 0 Å². The quantitative estimate of drug-likeness (QED) is 0.591. The summed E-state index contributed by atoms with van der Waals surface area (Å²) in [6, 6.07) is 13.1. The number of rotatable bonds is 6. The zero-order valence-electron chi connectivity index (χ0n) is 11.1. The molecule has 0 heterocycles. The summed E-state index contributed by atoms with van der Waals surface area (Å²) in [6.07, 6.45) is 0.780. The van der Waals surface area contributed by atoms with Gasteiger partial charge in [0.15, 0.2) is 6.29 Å². The van der Waals surface area contributed by atoms with Gasteiger partial charge < -0.3 is 9.47 Å². The first-order chi connectivity index (χ1) is 9.70. The van der Waals surface area contributed by atoms with E-state index in [9.17, 15) is 4.79 Å². The molecule has 0 fully saturated rings. The predicted molar refractivity (Wildman–Crippen MR) is 81.7 cm³/mol. The molecule has 0 bridgehead atoms. The summed E-state index contributed by atoms with van der Waals surface area (Å²) >= 11 is 3.32. The molecule has 0 aromatic heterocycles. The van der Waals surface area contributed by atoms with Gasteiger partial charge in [-0.15, -0.1) is 0 Å². The van der Waals surface area contributed by atoms with Crippen LogP contribution in [0.3, 0.4) is 0 Å². The molecule has 3 nitrogen and oxygen atoms in total. The molecule has 0 atom stereocenters. The normalized spacial score (nSPS) is 10.1.